The second-order valence-electron chi connectivity index (χ2n) is 10.8. The van der Waals surface area contributed by atoms with Gasteiger partial charge in [0.25, 0.3) is 0 Å². The Morgan fingerprint density at radius 2 is 1.87 bits per heavy atom. The first-order valence-electron chi connectivity index (χ1n) is 14.9. The molecule has 11 heteroatoms. The van der Waals surface area contributed by atoms with Crippen molar-refractivity contribution in [3.63, 3.8) is 0 Å². The number of urea groups is 1. The van der Waals surface area contributed by atoms with E-state index in [-0.39, 0.29) is 18.9 Å². The molecule has 3 amide bonds. The first-order valence-corrected chi connectivity index (χ1v) is 15.9. The van der Waals surface area contributed by atoms with Crippen LogP contribution in [0.2, 0.25) is 0 Å². The molecular formula is C34H37N5O5S. The van der Waals surface area contributed by atoms with Crippen LogP contribution in [0.15, 0.2) is 78.0 Å². The Morgan fingerprint density at radius 3 is 2.71 bits per heavy atom. The van der Waals surface area contributed by atoms with Gasteiger partial charge in [0.2, 0.25) is 5.91 Å². The molecule has 45 heavy (non-hydrogen) atoms. The number of fused-ring (bicyclic) bond motifs is 1. The minimum absolute atomic E-state index is 0.0491. The van der Waals surface area contributed by atoms with Crippen molar-refractivity contribution in [2.45, 2.75) is 44.6 Å². The molecule has 0 atom stereocenters. The van der Waals surface area contributed by atoms with Gasteiger partial charge in [-0.3, -0.25) is 14.3 Å². The van der Waals surface area contributed by atoms with Gasteiger partial charge in [-0.05, 0) is 61.2 Å². The number of carbonyl (C=O) groups excluding carboxylic acids is 2. The minimum atomic E-state index is -0.970. The van der Waals surface area contributed by atoms with Crippen LogP contribution in [0.1, 0.15) is 36.0 Å². The number of nitrogens with zero attached hydrogens (tertiary/aromatic N) is 3. The van der Waals surface area contributed by atoms with Crippen molar-refractivity contribution in [1.82, 2.24) is 15.1 Å². The number of rotatable bonds is 12. The fourth-order valence-corrected chi connectivity index (χ4v) is 6.28. The largest absolute Gasteiger partial charge is 0.493 e. The molecule has 0 saturated heterocycles. The Labute approximate surface area is 266 Å². The third-order valence-electron chi connectivity index (χ3n) is 7.59. The molecule has 0 aliphatic carbocycles. The molecule has 0 fully saturated rings. The highest BCUT2D eigenvalue weighted by molar-refractivity contribution is 7.99. The maximum absolute atomic E-state index is 13.3. The maximum atomic E-state index is 13.3. The highest BCUT2D eigenvalue weighted by Crippen LogP contribution is 2.42. The van der Waals surface area contributed by atoms with Crippen molar-refractivity contribution < 1.29 is 24.2 Å². The highest BCUT2D eigenvalue weighted by Gasteiger charge is 2.25. The van der Waals surface area contributed by atoms with Gasteiger partial charge in [-0.1, -0.05) is 36.4 Å². The van der Waals surface area contributed by atoms with E-state index in [9.17, 15) is 14.4 Å². The molecule has 5 rings (SSSR count). The molecule has 4 aromatic rings. The Kier molecular flexibility index (Phi) is 10.4. The van der Waals surface area contributed by atoms with Crippen LogP contribution in [0.25, 0.3) is 11.1 Å². The number of carboxylic acids is 1. The van der Waals surface area contributed by atoms with Crippen LogP contribution in [0.5, 0.6) is 5.75 Å². The zero-order chi connectivity index (χ0) is 31.8. The molecule has 0 radical (unpaired) electrons. The third kappa shape index (κ3) is 8.24. The quantitative estimate of drug-likeness (QED) is 0.162. The van der Waals surface area contributed by atoms with Crippen molar-refractivity contribution in [1.29, 1.82) is 0 Å². The van der Waals surface area contributed by atoms with Crippen LogP contribution in [-0.2, 0) is 16.1 Å². The van der Waals surface area contributed by atoms with Crippen molar-refractivity contribution in [2.24, 2.45) is 0 Å². The third-order valence-corrected chi connectivity index (χ3v) is 8.70. The molecule has 1 aliphatic heterocycles. The zero-order valence-electron chi connectivity index (χ0n) is 25.4. The van der Waals surface area contributed by atoms with E-state index in [1.165, 1.54) is 5.56 Å². The van der Waals surface area contributed by atoms with Crippen molar-refractivity contribution in [2.75, 3.05) is 35.7 Å². The zero-order valence-corrected chi connectivity index (χ0v) is 26.2. The van der Waals surface area contributed by atoms with Crippen molar-refractivity contribution in [3.05, 3.63) is 89.7 Å². The summed E-state index contributed by atoms with van der Waals surface area (Å²) in [6, 6.07) is 19.0. The van der Waals surface area contributed by atoms with E-state index in [2.05, 4.69) is 34.8 Å². The molecule has 0 bridgehead atoms. The number of carbonyl (C=O) groups is 3. The standard InChI is InChI=1S/C34H37N5O5S/c1-23-7-3-12-30(24(23)2)44-17-6-13-31(40)39-16-18-45-33-28(10-5-11-29(33)39)26-20-36-38(22-26)21-25-8-4-9-27(19-25)37-34(43)35-15-14-32(41)42/h3-5,7-12,19-20,22H,6,13-18,21H2,1-2H3,(H,41,42)(H2,35,37,43). The molecule has 1 aliphatic rings. The van der Waals surface area contributed by atoms with Crippen LogP contribution in [0.3, 0.4) is 0 Å². The maximum Gasteiger partial charge on any atom is 0.319 e. The summed E-state index contributed by atoms with van der Waals surface area (Å²) in [4.78, 5) is 39.0. The number of hydrogen-bond donors (Lipinski definition) is 3. The normalized spacial score (nSPS) is 12.4. The first-order chi connectivity index (χ1) is 21.8. The SMILES string of the molecule is Cc1cccc(OCCCC(=O)N2CCSc3c(-c4cnn(Cc5cccc(NC(=O)NCCC(=O)O)c5)c4)cccc32)c1C. The van der Waals surface area contributed by atoms with Crippen molar-refractivity contribution >= 4 is 41.0 Å². The second kappa shape index (κ2) is 14.8. The van der Waals surface area contributed by atoms with E-state index >= 15 is 0 Å². The average Bonchev–Trinajstić information content (AvgIpc) is 3.48. The Balaban J connectivity index is 1.20. The number of aromatic nitrogens is 2. The van der Waals surface area contributed by atoms with Gasteiger partial charge in [0.05, 0.1) is 31.5 Å². The van der Waals surface area contributed by atoms with Gasteiger partial charge in [-0.25, -0.2) is 4.79 Å². The molecule has 0 spiro atoms. The summed E-state index contributed by atoms with van der Waals surface area (Å²) >= 11 is 1.75. The van der Waals surface area contributed by atoms with Gasteiger partial charge in [0.15, 0.2) is 0 Å². The van der Waals surface area contributed by atoms with Gasteiger partial charge in [0, 0.05) is 53.2 Å². The Morgan fingerprint density at radius 1 is 1.04 bits per heavy atom. The summed E-state index contributed by atoms with van der Waals surface area (Å²) in [5.41, 5.74) is 6.78. The number of benzene rings is 3. The summed E-state index contributed by atoms with van der Waals surface area (Å²) in [5, 5.41) is 18.6. The lowest BCUT2D eigenvalue weighted by molar-refractivity contribution is -0.136. The van der Waals surface area contributed by atoms with Crippen LogP contribution in [0, 0.1) is 13.8 Å². The summed E-state index contributed by atoms with van der Waals surface area (Å²) in [5.74, 6) is 0.807. The van der Waals surface area contributed by atoms with Crippen LogP contribution >= 0.6 is 11.8 Å². The van der Waals surface area contributed by atoms with E-state index < -0.39 is 12.0 Å². The fraction of sp³-hybridized carbons (Fsp3) is 0.294. The molecule has 0 unspecified atom stereocenters. The van der Waals surface area contributed by atoms with Crippen LogP contribution in [-0.4, -0.2) is 58.2 Å². The summed E-state index contributed by atoms with van der Waals surface area (Å²) in [6.07, 6.45) is 4.73. The van der Waals surface area contributed by atoms with Gasteiger partial charge < -0.3 is 25.4 Å². The molecule has 2 heterocycles. The number of carboxylic acid groups (broad SMARTS) is 1. The summed E-state index contributed by atoms with van der Waals surface area (Å²) < 4.78 is 7.81. The lowest BCUT2D eigenvalue weighted by atomic mass is 10.1. The fourth-order valence-electron chi connectivity index (χ4n) is 5.14. The number of anilines is 2. The molecule has 1 aromatic heterocycles. The monoisotopic (exact) mass is 627 g/mol. The Hall–Kier alpha value is -4.77. The number of thioether (sulfide) groups is 1. The number of amides is 3. The van der Waals surface area contributed by atoms with E-state index in [4.69, 9.17) is 9.84 Å². The van der Waals surface area contributed by atoms with Gasteiger partial charge in [-0.2, -0.15) is 5.10 Å². The highest BCUT2D eigenvalue weighted by atomic mass is 32.2. The number of ether oxygens (including phenoxy) is 1. The van der Waals surface area contributed by atoms with E-state index in [1.807, 2.05) is 71.4 Å². The van der Waals surface area contributed by atoms with Crippen LogP contribution in [0.4, 0.5) is 16.2 Å². The molecule has 3 aromatic carbocycles. The lowest BCUT2D eigenvalue weighted by Gasteiger charge is -2.30. The smallest absolute Gasteiger partial charge is 0.319 e. The van der Waals surface area contributed by atoms with Gasteiger partial charge >= 0.3 is 12.0 Å². The van der Waals surface area contributed by atoms with Crippen LogP contribution < -0.4 is 20.3 Å². The van der Waals surface area contributed by atoms with E-state index in [0.29, 0.717) is 38.2 Å². The second-order valence-corrected chi connectivity index (χ2v) is 12.0. The first kappa shape index (κ1) is 31.6. The lowest BCUT2D eigenvalue weighted by Crippen LogP contribution is -2.35. The van der Waals surface area contributed by atoms with Gasteiger partial charge in [0.1, 0.15) is 5.75 Å². The molecular weight excluding hydrogens is 590 g/mol. The predicted molar refractivity (Wildman–Crippen MR) is 176 cm³/mol. The average molecular weight is 628 g/mol. The van der Waals surface area contributed by atoms with Crippen molar-refractivity contribution in [3.8, 4) is 16.9 Å². The summed E-state index contributed by atoms with van der Waals surface area (Å²) in [7, 11) is 0. The Bertz CT molecular complexity index is 1690. The number of nitrogens with one attached hydrogen (secondary N) is 2. The predicted octanol–water partition coefficient (Wildman–Crippen LogP) is 6.11. The molecule has 0 saturated carbocycles. The molecule has 3 N–H and O–H groups in total. The van der Waals surface area contributed by atoms with Gasteiger partial charge in [-0.15, -0.1) is 11.8 Å². The summed E-state index contributed by atoms with van der Waals surface area (Å²) in [6.45, 7) is 5.81. The van der Waals surface area contributed by atoms with E-state index in [1.54, 1.807) is 17.8 Å². The minimum Gasteiger partial charge on any atom is -0.493 e. The number of hydrogen-bond acceptors (Lipinski definition) is 6. The molecule has 10 nitrogen and oxygen atoms in total. The van der Waals surface area contributed by atoms with E-state index in [0.717, 1.165) is 44.3 Å². The number of aryl methyl sites for hydroxylation is 1. The topological polar surface area (TPSA) is 126 Å². The number of aliphatic carboxylic acids is 1. The molecule has 234 valence electrons.